The molecule has 0 unspecified atom stereocenters. The van der Waals surface area contributed by atoms with Gasteiger partial charge in [-0.2, -0.15) is 11.8 Å². The fourth-order valence-electron chi connectivity index (χ4n) is 2.47. The van der Waals surface area contributed by atoms with Crippen molar-refractivity contribution in [3.05, 3.63) is 35.9 Å². The molecule has 1 aliphatic heterocycles. The molecule has 1 saturated heterocycles. The Hall–Kier alpha value is -1.00. The molecule has 1 heterocycles. The van der Waals surface area contributed by atoms with Gasteiger partial charge in [0.1, 0.15) is 0 Å². The molecule has 1 aromatic carbocycles. The number of nitrogens with two attached hydrogens (primary N) is 1. The van der Waals surface area contributed by atoms with Crippen molar-refractivity contribution < 1.29 is 4.79 Å². The quantitative estimate of drug-likeness (QED) is 0.925. The van der Waals surface area contributed by atoms with Gasteiger partial charge in [-0.1, -0.05) is 44.2 Å². The van der Waals surface area contributed by atoms with Crippen LogP contribution in [0.25, 0.3) is 0 Å². The molecule has 1 aliphatic rings. The predicted molar refractivity (Wildman–Crippen MR) is 85.8 cm³/mol. The molecule has 0 spiro atoms. The molecule has 2 N–H and O–H groups in total. The molecular formula is C16H24N2OS. The van der Waals surface area contributed by atoms with Crippen LogP contribution in [-0.2, 0) is 11.2 Å². The fraction of sp³-hybridized carbons (Fsp3) is 0.562. The lowest BCUT2D eigenvalue weighted by molar-refractivity contribution is -0.132. The maximum Gasteiger partial charge on any atom is 0.239 e. The highest BCUT2D eigenvalue weighted by atomic mass is 32.2. The number of benzene rings is 1. The van der Waals surface area contributed by atoms with Crippen molar-refractivity contribution in [2.24, 2.45) is 11.7 Å². The molecule has 3 nitrogen and oxygen atoms in total. The van der Waals surface area contributed by atoms with Gasteiger partial charge in [0, 0.05) is 24.1 Å². The number of nitrogens with zero attached hydrogens (tertiary/aromatic N) is 1. The molecule has 110 valence electrons. The zero-order valence-corrected chi connectivity index (χ0v) is 13.1. The zero-order chi connectivity index (χ0) is 14.5. The standard InChI is InChI=1S/C16H24N2OS/c1-12(2)15-11-18(8-9-20-15)16(19)14(17)10-13-6-4-3-5-7-13/h3-7,12,14-15H,8-11,17H2,1-2H3/t14-,15+/m0/s1. The third kappa shape index (κ3) is 4.00. The van der Waals surface area contributed by atoms with E-state index in [1.165, 1.54) is 0 Å². The van der Waals surface area contributed by atoms with E-state index in [9.17, 15) is 4.79 Å². The molecule has 0 aliphatic carbocycles. The summed E-state index contributed by atoms with van der Waals surface area (Å²) in [6.07, 6.45) is 0.621. The van der Waals surface area contributed by atoms with Crippen LogP contribution in [0.2, 0.25) is 0 Å². The van der Waals surface area contributed by atoms with E-state index in [0.717, 1.165) is 24.4 Å². The van der Waals surface area contributed by atoms with Crippen molar-refractivity contribution in [2.75, 3.05) is 18.8 Å². The summed E-state index contributed by atoms with van der Waals surface area (Å²) in [6.45, 7) is 6.10. The molecule has 20 heavy (non-hydrogen) atoms. The van der Waals surface area contributed by atoms with Crippen LogP contribution in [0.3, 0.4) is 0 Å². The third-order valence-electron chi connectivity index (χ3n) is 3.76. The van der Waals surface area contributed by atoms with Gasteiger partial charge in [-0.05, 0) is 17.9 Å². The van der Waals surface area contributed by atoms with Gasteiger partial charge in [0.05, 0.1) is 6.04 Å². The van der Waals surface area contributed by atoms with E-state index < -0.39 is 6.04 Å². The second kappa shape index (κ2) is 7.14. The highest BCUT2D eigenvalue weighted by Gasteiger charge is 2.28. The topological polar surface area (TPSA) is 46.3 Å². The predicted octanol–water partition coefficient (Wildman–Crippen LogP) is 2.16. The summed E-state index contributed by atoms with van der Waals surface area (Å²) in [5, 5.41) is 0.539. The average molecular weight is 292 g/mol. The highest BCUT2D eigenvalue weighted by Crippen LogP contribution is 2.25. The highest BCUT2D eigenvalue weighted by molar-refractivity contribution is 8.00. The number of hydrogen-bond acceptors (Lipinski definition) is 3. The van der Waals surface area contributed by atoms with Crippen LogP contribution in [0.5, 0.6) is 0 Å². The van der Waals surface area contributed by atoms with Crippen molar-refractivity contribution in [3.63, 3.8) is 0 Å². The summed E-state index contributed by atoms with van der Waals surface area (Å²) in [5.41, 5.74) is 7.23. The number of thioether (sulfide) groups is 1. The summed E-state index contributed by atoms with van der Waals surface area (Å²) in [5.74, 6) is 1.72. The lowest BCUT2D eigenvalue weighted by Gasteiger charge is -2.35. The van der Waals surface area contributed by atoms with Crippen LogP contribution in [0, 0.1) is 5.92 Å². The summed E-state index contributed by atoms with van der Waals surface area (Å²) >= 11 is 1.97. The van der Waals surface area contributed by atoms with Crippen LogP contribution in [0.1, 0.15) is 19.4 Å². The SMILES string of the molecule is CC(C)[C@H]1CN(C(=O)[C@@H](N)Cc2ccccc2)CCS1. The second-order valence-corrected chi connectivity index (χ2v) is 7.08. The molecule has 0 saturated carbocycles. The minimum atomic E-state index is -0.423. The molecule has 2 rings (SSSR count). The smallest absolute Gasteiger partial charge is 0.239 e. The molecule has 2 atom stereocenters. The monoisotopic (exact) mass is 292 g/mol. The molecule has 1 amide bonds. The number of rotatable bonds is 4. The van der Waals surface area contributed by atoms with Crippen molar-refractivity contribution in [3.8, 4) is 0 Å². The first-order valence-electron chi connectivity index (χ1n) is 7.28. The largest absolute Gasteiger partial charge is 0.339 e. The van der Waals surface area contributed by atoms with E-state index in [4.69, 9.17) is 5.73 Å². The van der Waals surface area contributed by atoms with E-state index in [1.54, 1.807) is 0 Å². The van der Waals surface area contributed by atoms with E-state index in [-0.39, 0.29) is 5.91 Å². The molecule has 1 aromatic rings. The molecule has 0 radical (unpaired) electrons. The Kier molecular flexibility index (Phi) is 5.49. The lowest BCUT2D eigenvalue weighted by Crippen LogP contribution is -2.50. The Bertz CT molecular complexity index is 435. The number of carbonyl (C=O) groups is 1. The Balaban J connectivity index is 1.93. The Labute approximate surface area is 125 Å². The van der Waals surface area contributed by atoms with Crippen LogP contribution in [-0.4, -0.2) is 40.9 Å². The Morgan fingerprint density at radius 3 is 2.75 bits per heavy atom. The fourth-order valence-corrected chi connectivity index (χ4v) is 3.77. The van der Waals surface area contributed by atoms with Gasteiger partial charge in [-0.3, -0.25) is 4.79 Å². The van der Waals surface area contributed by atoms with Crippen molar-refractivity contribution >= 4 is 17.7 Å². The summed E-state index contributed by atoms with van der Waals surface area (Å²) in [7, 11) is 0. The van der Waals surface area contributed by atoms with Crippen molar-refractivity contribution in [1.29, 1.82) is 0 Å². The summed E-state index contributed by atoms with van der Waals surface area (Å²) in [6, 6.07) is 9.57. The van der Waals surface area contributed by atoms with Crippen LogP contribution in [0.4, 0.5) is 0 Å². The third-order valence-corrected chi connectivity index (χ3v) is 5.30. The maximum absolute atomic E-state index is 12.5. The van der Waals surface area contributed by atoms with Crippen molar-refractivity contribution in [1.82, 2.24) is 4.90 Å². The van der Waals surface area contributed by atoms with Gasteiger partial charge >= 0.3 is 0 Å². The van der Waals surface area contributed by atoms with Gasteiger partial charge in [-0.25, -0.2) is 0 Å². The van der Waals surface area contributed by atoms with Crippen molar-refractivity contribution in [2.45, 2.75) is 31.6 Å². The Morgan fingerprint density at radius 2 is 2.10 bits per heavy atom. The molecule has 0 aromatic heterocycles. The van der Waals surface area contributed by atoms with Gasteiger partial charge in [0.25, 0.3) is 0 Å². The van der Waals surface area contributed by atoms with Crippen LogP contribution < -0.4 is 5.73 Å². The van der Waals surface area contributed by atoms with Gasteiger partial charge in [0.2, 0.25) is 5.91 Å². The molecule has 4 heteroatoms. The first-order chi connectivity index (χ1) is 9.58. The lowest BCUT2D eigenvalue weighted by atomic mass is 10.0. The second-order valence-electron chi connectivity index (χ2n) is 5.73. The van der Waals surface area contributed by atoms with Gasteiger partial charge < -0.3 is 10.6 Å². The number of amides is 1. The van der Waals surface area contributed by atoms with Crippen LogP contribution >= 0.6 is 11.8 Å². The van der Waals surface area contributed by atoms with E-state index in [0.29, 0.717) is 17.6 Å². The summed E-state index contributed by atoms with van der Waals surface area (Å²) in [4.78, 5) is 14.4. The first-order valence-corrected chi connectivity index (χ1v) is 8.32. The number of carbonyl (C=O) groups excluding carboxylic acids is 1. The van der Waals surface area contributed by atoms with Gasteiger partial charge in [-0.15, -0.1) is 0 Å². The maximum atomic E-state index is 12.5. The minimum absolute atomic E-state index is 0.0970. The Morgan fingerprint density at radius 1 is 1.40 bits per heavy atom. The van der Waals surface area contributed by atoms with E-state index in [1.807, 2.05) is 47.0 Å². The van der Waals surface area contributed by atoms with E-state index in [2.05, 4.69) is 13.8 Å². The van der Waals surface area contributed by atoms with Gasteiger partial charge in [0.15, 0.2) is 0 Å². The summed E-state index contributed by atoms with van der Waals surface area (Å²) < 4.78 is 0. The number of hydrogen-bond donors (Lipinski definition) is 1. The van der Waals surface area contributed by atoms with Crippen LogP contribution in [0.15, 0.2) is 30.3 Å². The first kappa shape index (κ1) is 15.4. The average Bonchev–Trinajstić information content (AvgIpc) is 2.47. The normalized spacial score (nSPS) is 21.0. The molecule has 0 bridgehead atoms. The minimum Gasteiger partial charge on any atom is -0.339 e. The zero-order valence-electron chi connectivity index (χ0n) is 12.3. The molecule has 1 fully saturated rings. The molecular weight excluding hydrogens is 268 g/mol. The van der Waals surface area contributed by atoms with E-state index >= 15 is 0 Å².